The van der Waals surface area contributed by atoms with Crippen LogP contribution in [-0.4, -0.2) is 35.3 Å². The highest BCUT2D eigenvalue weighted by Crippen LogP contribution is 2.15. The van der Waals surface area contributed by atoms with Gasteiger partial charge in [0.05, 0.1) is 25.6 Å². The van der Waals surface area contributed by atoms with E-state index in [4.69, 9.17) is 0 Å². The van der Waals surface area contributed by atoms with Crippen LogP contribution in [0.2, 0.25) is 0 Å². The largest absolute Gasteiger partial charge is 0.469 e. The molecule has 0 spiro atoms. The monoisotopic (exact) mass is 295 g/mol. The molecule has 0 aliphatic carbocycles. The number of esters is 1. The van der Waals surface area contributed by atoms with Crippen LogP contribution in [0.4, 0.5) is 0 Å². The molecule has 0 fully saturated rings. The summed E-state index contributed by atoms with van der Waals surface area (Å²) in [6.45, 7) is 9.31. The molecule has 1 amide bonds. The number of nitrogens with one attached hydrogen (secondary N) is 1. The first kappa shape index (κ1) is 17.2. The van der Waals surface area contributed by atoms with Crippen molar-refractivity contribution in [1.29, 1.82) is 0 Å². The Kier molecular flexibility index (Phi) is 6.39. The van der Waals surface area contributed by atoms with Gasteiger partial charge in [0.2, 0.25) is 5.91 Å². The minimum absolute atomic E-state index is 0.103. The van der Waals surface area contributed by atoms with E-state index in [1.807, 2.05) is 18.5 Å². The molecule has 0 saturated carbocycles. The van der Waals surface area contributed by atoms with Crippen LogP contribution in [0.1, 0.15) is 37.2 Å². The average molecular weight is 295 g/mol. The van der Waals surface area contributed by atoms with Gasteiger partial charge in [0.1, 0.15) is 0 Å². The van der Waals surface area contributed by atoms with E-state index in [-0.39, 0.29) is 24.7 Å². The number of carbonyl (C=O) groups excluding carboxylic acids is 2. The van der Waals surface area contributed by atoms with Crippen LogP contribution in [0.25, 0.3) is 0 Å². The number of hydrogen-bond acceptors (Lipinski definition) is 4. The van der Waals surface area contributed by atoms with Crippen LogP contribution < -0.4 is 5.32 Å². The predicted molar refractivity (Wildman–Crippen MR) is 79.9 cm³/mol. The van der Waals surface area contributed by atoms with Crippen LogP contribution in [0.5, 0.6) is 0 Å². The zero-order valence-electron chi connectivity index (χ0n) is 13.5. The van der Waals surface area contributed by atoms with Gasteiger partial charge in [-0.15, -0.1) is 0 Å². The smallest absolute Gasteiger partial charge is 0.307 e. The van der Waals surface area contributed by atoms with Gasteiger partial charge in [-0.05, 0) is 19.8 Å². The van der Waals surface area contributed by atoms with Crippen molar-refractivity contribution in [2.75, 3.05) is 13.7 Å². The number of hydrogen-bond donors (Lipinski definition) is 1. The van der Waals surface area contributed by atoms with Crippen molar-refractivity contribution in [2.45, 2.75) is 47.1 Å². The molecule has 0 bridgehead atoms. The number of amides is 1. The summed E-state index contributed by atoms with van der Waals surface area (Å²) in [5.41, 5.74) is 2.88. The fourth-order valence-corrected chi connectivity index (χ4v) is 2.14. The molecule has 0 saturated heterocycles. The lowest BCUT2D eigenvalue weighted by Crippen LogP contribution is -2.28. The van der Waals surface area contributed by atoms with Gasteiger partial charge in [0.25, 0.3) is 0 Å². The molecule has 0 unspecified atom stereocenters. The minimum atomic E-state index is -0.326. The minimum Gasteiger partial charge on any atom is -0.469 e. The van der Waals surface area contributed by atoms with E-state index in [2.05, 4.69) is 29.0 Å². The van der Waals surface area contributed by atoms with Crippen molar-refractivity contribution >= 4 is 11.9 Å². The molecule has 1 aromatic heterocycles. The molecule has 6 heteroatoms. The lowest BCUT2D eigenvalue weighted by atomic mass is 10.1. The summed E-state index contributed by atoms with van der Waals surface area (Å²) in [6, 6.07) is 0. The Morgan fingerprint density at radius 2 is 2.00 bits per heavy atom. The van der Waals surface area contributed by atoms with E-state index < -0.39 is 0 Å². The van der Waals surface area contributed by atoms with Crippen molar-refractivity contribution in [2.24, 2.45) is 5.92 Å². The normalized spacial score (nSPS) is 10.8. The summed E-state index contributed by atoms with van der Waals surface area (Å²) >= 11 is 0. The van der Waals surface area contributed by atoms with Crippen molar-refractivity contribution in [3.63, 3.8) is 0 Å². The zero-order valence-corrected chi connectivity index (χ0v) is 13.5. The maximum absolute atomic E-state index is 11.9. The first-order chi connectivity index (χ1) is 9.85. The van der Waals surface area contributed by atoms with Crippen LogP contribution in [0.15, 0.2) is 0 Å². The third-order valence-electron chi connectivity index (χ3n) is 3.29. The number of aromatic nitrogens is 2. The lowest BCUT2D eigenvalue weighted by Gasteiger charge is -2.08. The molecule has 0 radical (unpaired) electrons. The maximum atomic E-state index is 11.9. The van der Waals surface area contributed by atoms with Gasteiger partial charge < -0.3 is 10.1 Å². The lowest BCUT2D eigenvalue weighted by molar-refractivity contribution is -0.140. The average Bonchev–Trinajstić information content (AvgIpc) is 2.65. The van der Waals surface area contributed by atoms with E-state index in [0.717, 1.165) is 23.5 Å². The summed E-state index contributed by atoms with van der Waals surface area (Å²) in [5.74, 6) is 0.0753. The Balaban J connectivity index is 2.60. The van der Waals surface area contributed by atoms with Crippen LogP contribution in [-0.2, 0) is 27.3 Å². The van der Waals surface area contributed by atoms with E-state index in [0.29, 0.717) is 12.5 Å². The van der Waals surface area contributed by atoms with Crippen LogP contribution >= 0.6 is 0 Å². The molecule has 1 heterocycles. The first-order valence-corrected chi connectivity index (χ1v) is 7.21. The Hall–Kier alpha value is -1.85. The second-order valence-corrected chi connectivity index (χ2v) is 5.58. The highest BCUT2D eigenvalue weighted by atomic mass is 16.5. The Morgan fingerprint density at radius 3 is 2.57 bits per heavy atom. The van der Waals surface area contributed by atoms with E-state index in [1.54, 1.807) is 0 Å². The number of aryl methyl sites for hydroxylation is 1. The molecule has 1 aromatic rings. The molecule has 1 rings (SSSR count). The molecule has 0 aliphatic rings. The van der Waals surface area contributed by atoms with Gasteiger partial charge in [0.15, 0.2) is 0 Å². The van der Waals surface area contributed by atoms with E-state index >= 15 is 0 Å². The zero-order chi connectivity index (χ0) is 16.0. The highest BCUT2D eigenvalue weighted by Gasteiger charge is 2.15. The fraction of sp³-hybridized carbons (Fsp3) is 0.667. The number of ether oxygens (including phenoxy) is 1. The standard InChI is InChI=1S/C15H25N3O3/c1-10(2)9-18-12(4)13(11(3)17-18)8-14(19)16-7-6-15(20)21-5/h10H,6-9H2,1-5H3,(H,16,19). The molecular formula is C15H25N3O3. The van der Waals surface area contributed by atoms with Gasteiger partial charge in [-0.1, -0.05) is 13.8 Å². The van der Waals surface area contributed by atoms with Gasteiger partial charge in [0, 0.05) is 24.3 Å². The molecule has 118 valence electrons. The van der Waals surface area contributed by atoms with Gasteiger partial charge in [-0.2, -0.15) is 5.10 Å². The van der Waals surface area contributed by atoms with Crippen LogP contribution in [0.3, 0.4) is 0 Å². The Bertz CT molecular complexity index is 507. The second-order valence-electron chi connectivity index (χ2n) is 5.58. The Labute approximate surface area is 125 Å². The molecule has 1 N–H and O–H groups in total. The number of carbonyl (C=O) groups is 2. The molecule has 0 aliphatic heterocycles. The molecule has 6 nitrogen and oxygen atoms in total. The van der Waals surface area contributed by atoms with E-state index in [9.17, 15) is 9.59 Å². The van der Waals surface area contributed by atoms with Crippen molar-refractivity contribution in [1.82, 2.24) is 15.1 Å². The van der Waals surface area contributed by atoms with Crippen molar-refractivity contribution in [3.05, 3.63) is 17.0 Å². The summed E-state index contributed by atoms with van der Waals surface area (Å²) in [4.78, 5) is 22.9. The summed E-state index contributed by atoms with van der Waals surface area (Å²) < 4.78 is 6.48. The molecule has 21 heavy (non-hydrogen) atoms. The van der Waals surface area contributed by atoms with Crippen molar-refractivity contribution < 1.29 is 14.3 Å². The SMILES string of the molecule is COC(=O)CCNC(=O)Cc1c(C)nn(CC(C)C)c1C. The molecule has 0 aromatic carbocycles. The van der Waals surface area contributed by atoms with Gasteiger partial charge in [-0.25, -0.2) is 0 Å². The quantitative estimate of drug-likeness (QED) is 0.771. The highest BCUT2D eigenvalue weighted by molar-refractivity contribution is 5.79. The fourth-order valence-electron chi connectivity index (χ4n) is 2.14. The number of nitrogens with zero attached hydrogens (tertiary/aromatic N) is 2. The Morgan fingerprint density at radius 1 is 1.33 bits per heavy atom. The summed E-state index contributed by atoms with van der Waals surface area (Å²) in [6.07, 6.45) is 0.476. The third kappa shape index (κ3) is 5.21. The maximum Gasteiger partial charge on any atom is 0.307 e. The topological polar surface area (TPSA) is 73.2 Å². The van der Waals surface area contributed by atoms with Gasteiger partial charge >= 0.3 is 5.97 Å². The number of rotatable bonds is 7. The summed E-state index contributed by atoms with van der Waals surface area (Å²) in [5, 5.41) is 7.21. The predicted octanol–water partition coefficient (Wildman–Crippen LogP) is 1.38. The molecule has 0 atom stereocenters. The first-order valence-electron chi connectivity index (χ1n) is 7.21. The molecular weight excluding hydrogens is 270 g/mol. The van der Waals surface area contributed by atoms with Gasteiger partial charge in [-0.3, -0.25) is 14.3 Å². The van der Waals surface area contributed by atoms with Crippen molar-refractivity contribution in [3.8, 4) is 0 Å². The number of methoxy groups -OCH3 is 1. The summed E-state index contributed by atoms with van der Waals surface area (Å²) in [7, 11) is 1.33. The van der Waals surface area contributed by atoms with E-state index in [1.165, 1.54) is 7.11 Å². The second kappa shape index (κ2) is 7.81. The van der Waals surface area contributed by atoms with Crippen LogP contribution in [0, 0.1) is 19.8 Å². The third-order valence-corrected chi connectivity index (χ3v) is 3.29.